The van der Waals surface area contributed by atoms with Crippen molar-refractivity contribution in [3.05, 3.63) is 87.9 Å². The van der Waals surface area contributed by atoms with Crippen LogP contribution >= 0.6 is 23.2 Å². The summed E-state index contributed by atoms with van der Waals surface area (Å²) in [5, 5.41) is 3.46. The summed E-state index contributed by atoms with van der Waals surface area (Å²) in [6.45, 7) is 5.35. The molecule has 0 aliphatic carbocycles. The van der Waals surface area contributed by atoms with Gasteiger partial charge in [-0.2, -0.15) is 0 Å². The van der Waals surface area contributed by atoms with Crippen molar-refractivity contribution in [1.29, 1.82) is 0 Å². The molecule has 0 radical (unpaired) electrons. The SMILES string of the molecule is CCCCNC(=O)[C@H](C)N(Cc1ccccc1Cl)C(=O)CN(c1ccc(OC)c(Cl)c1)S(=O)(=O)c1ccc(C)cc1. The number of aryl methyl sites for hydroxylation is 1. The van der Waals surface area contributed by atoms with Crippen LogP contribution in [0.3, 0.4) is 0 Å². The Balaban J connectivity index is 2.05. The number of nitrogens with zero attached hydrogens (tertiary/aromatic N) is 2. The second kappa shape index (κ2) is 14.6. The molecule has 0 aromatic heterocycles. The molecule has 0 saturated heterocycles. The van der Waals surface area contributed by atoms with Crippen molar-refractivity contribution < 1.29 is 22.7 Å². The van der Waals surface area contributed by atoms with Crippen LogP contribution in [0.15, 0.2) is 71.6 Å². The van der Waals surface area contributed by atoms with Gasteiger partial charge in [-0.3, -0.25) is 13.9 Å². The first-order chi connectivity index (χ1) is 19.5. The number of anilines is 1. The number of hydrogen-bond donors (Lipinski definition) is 1. The van der Waals surface area contributed by atoms with E-state index in [1.807, 2.05) is 13.8 Å². The first kappa shape index (κ1) is 32.2. The van der Waals surface area contributed by atoms with Gasteiger partial charge in [0.15, 0.2) is 0 Å². The van der Waals surface area contributed by atoms with Gasteiger partial charge < -0.3 is 15.0 Å². The molecule has 220 valence electrons. The van der Waals surface area contributed by atoms with Crippen LogP contribution in [0.4, 0.5) is 5.69 Å². The Labute approximate surface area is 252 Å². The number of halogens is 2. The Hall–Kier alpha value is -3.27. The Kier molecular flexibility index (Phi) is 11.5. The van der Waals surface area contributed by atoms with E-state index < -0.39 is 28.5 Å². The topological polar surface area (TPSA) is 96.0 Å². The largest absolute Gasteiger partial charge is 0.495 e. The third-order valence-electron chi connectivity index (χ3n) is 6.61. The number of nitrogens with one attached hydrogen (secondary N) is 1. The van der Waals surface area contributed by atoms with E-state index in [1.165, 1.54) is 42.3 Å². The van der Waals surface area contributed by atoms with Crippen LogP contribution in [0.1, 0.15) is 37.8 Å². The van der Waals surface area contributed by atoms with Crippen LogP contribution in [0.5, 0.6) is 5.75 Å². The van der Waals surface area contributed by atoms with Gasteiger partial charge in [0, 0.05) is 18.1 Å². The highest BCUT2D eigenvalue weighted by atomic mass is 35.5. The second-order valence-electron chi connectivity index (χ2n) is 9.58. The number of carbonyl (C=O) groups is 2. The molecule has 11 heteroatoms. The lowest BCUT2D eigenvalue weighted by molar-refractivity contribution is -0.139. The molecule has 1 N–H and O–H groups in total. The molecule has 41 heavy (non-hydrogen) atoms. The zero-order chi connectivity index (χ0) is 30.2. The van der Waals surface area contributed by atoms with E-state index in [0.29, 0.717) is 22.9 Å². The first-order valence-electron chi connectivity index (χ1n) is 13.2. The molecule has 0 bridgehead atoms. The van der Waals surface area contributed by atoms with E-state index in [2.05, 4.69) is 5.32 Å². The average molecular weight is 621 g/mol. The fourth-order valence-electron chi connectivity index (χ4n) is 4.11. The van der Waals surface area contributed by atoms with Gasteiger partial charge in [0.2, 0.25) is 11.8 Å². The van der Waals surface area contributed by atoms with Crippen LogP contribution < -0.4 is 14.4 Å². The number of carbonyl (C=O) groups excluding carboxylic acids is 2. The Morgan fingerprint density at radius 1 is 1.00 bits per heavy atom. The van der Waals surface area contributed by atoms with Crippen molar-refractivity contribution in [1.82, 2.24) is 10.2 Å². The van der Waals surface area contributed by atoms with Gasteiger partial charge in [-0.15, -0.1) is 0 Å². The summed E-state index contributed by atoms with van der Waals surface area (Å²) in [4.78, 5) is 28.4. The number of benzene rings is 3. The highest BCUT2D eigenvalue weighted by Crippen LogP contribution is 2.32. The lowest BCUT2D eigenvalue weighted by atomic mass is 10.1. The van der Waals surface area contributed by atoms with Gasteiger partial charge in [-0.25, -0.2) is 8.42 Å². The summed E-state index contributed by atoms with van der Waals surface area (Å²) in [7, 11) is -2.77. The molecule has 8 nitrogen and oxygen atoms in total. The van der Waals surface area contributed by atoms with Gasteiger partial charge in [0.25, 0.3) is 10.0 Å². The summed E-state index contributed by atoms with van der Waals surface area (Å²) < 4.78 is 34.1. The quantitative estimate of drug-likeness (QED) is 0.243. The molecular formula is C30H35Cl2N3O5S. The lowest BCUT2D eigenvalue weighted by Crippen LogP contribution is -2.51. The first-order valence-corrected chi connectivity index (χ1v) is 15.4. The molecule has 3 aromatic rings. The van der Waals surface area contributed by atoms with E-state index in [-0.39, 0.29) is 28.1 Å². The summed E-state index contributed by atoms with van der Waals surface area (Å²) >= 11 is 12.8. The Morgan fingerprint density at radius 3 is 2.29 bits per heavy atom. The van der Waals surface area contributed by atoms with E-state index in [4.69, 9.17) is 27.9 Å². The highest BCUT2D eigenvalue weighted by Gasteiger charge is 2.33. The lowest BCUT2D eigenvalue weighted by Gasteiger charge is -2.32. The Bertz CT molecular complexity index is 1470. The molecular weight excluding hydrogens is 585 g/mol. The maximum atomic E-state index is 14.0. The smallest absolute Gasteiger partial charge is 0.264 e. The minimum atomic E-state index is -4.22. The van der Waals surface area contributed by atoms with Gasteiger partial charge in [-0.05, 0) is 62.2 Å². The molecule has 0 heterocycles. The number of hydrogen-bond acceptors (Lipinski definition) is 5. The minimum absolute atomic E-state index is 0.00264. The fourth-order valence-corrected chi connectivity index (χ4v) is 5.96. The molecule has 0 aliphatic rings. The third-order valence-corrected chi connectivity index (χ3v) is 9.06. The van der Waals surface area contributed by atoms with Crippen molar-refractivity contribution in [3.8, 4) is 5.75 Å². The molecule has 0 fully saturated rings. The van der Waals surface area contributed by atoms with E-state index in [1.54, 1.807) is 43.3 Å². The van der Waals surface area contributed by atoms with Crippen LogP contribution in [0, 0.1) is 6.92 Å². The highest BCUT2D eigenvalue weighted by molar-refractivity contribution is 7.92. The monoisotopic (exact) mass is 619 g/mol. The van der Waals surface area contributed by atoms with E-state index in [0.717, 1.165) is 22.7 Å². The van der Waals surface area contributed by atoms with E-state index >= 15 is 0 Å². The molecule has 2 amide bonds. The van der Waals surface area contributed by atoms with E-state index in [9.17, 15) is 18.0 Å². The van der Waals surface area contributed by atoms with Crippen molar-refractivity contribution in [3.63, 3.8) is 0 Å². The molecule has 3 rings (SSSR count). The fraction of sp³-hybridized carbons (Fsp3) is 0.333. The summed E-state index contributed by atoms with van der Waals surface area (Å²) in [6.07, 6.45) is 1.69. The summed E-state index contributed by atoms with van der Waals surface area (Å²) in [6, 6.07) is 16.9. The van der Waals surface area contributed by atoms with Gasteiger partial charge in [0.05, 0.1) is 22.7 Å². The molecule has 0 aliphatic heterocycles. The summed E-state index contributed by atoms with van der Waals surface area (Å²) in [5.74, 6) is -0.586. The normalized spacial score (nSPS) is 12.0. The zero-order valence-electron chi connectivity index (χ0n) is 23.6. The Morgan fingerprint density at radius 2 is 1.68 bits per heavy atom. The van der Waals surface area contributed by atoms with Crippen molar-refractivity contribution >= 4 is 50.7 Å². The van der Waals surface area contributed by atoms with Crippen LogP contribution in [0.2, 0.25) is 10.0 Å². The van der Waals surface area contributed by atoms with Gasteiger partial charge in [0.1, 0.15) is 18.3 Å². The zero-order valence-corrected chi connectivity index (χ0v) is 25.9. The summed E-state index contributed by atoms with van der Waals surface area (Å²) in [5.41, 5.74) is 1.67. The predicted octanol–water partition coefficient (Wildman–Crippen LogP) is 5.84. The molecule has 0 saturated carbocycles. The van der Waals surface area contributed by atoms with Crippen molar-refractivity contribution in [2.24, 2.45) is 0 Å². The minimum Gasteiger partial charge on any atom is -0.495 e. The maximum Gasteiger partial charge on any atom is 0.264 e. The maximum absolute atomic E-state index is 14.0. The van der Waals surface area contributed by atoms with Gasteiger partial charge in [-0.1, -0.05) is 72.4 Å². The second-order valence-corrected chi connectivity index (χ2v) is 12.3. The molecule has 1 atom stereocenters. The van der Waals surface area contributed by atoms with Crippen LogP contribution in [0.25, 0.3) is 0 Å². The number of methoxy groups -OCH3 is 1. The van der Waals surface area contributed by atoms with Crippen molar-refractivity contribution in [2.75, 3.05) is 24.5 Å². The molecule has 0 unspecified atom stereocenters. The molecule has 0 spiro atoms. The predicted molar refractivity (Wildman–Crippen MR) is 163 cm³/mol. The third kappa shape index (κ3) is 8.15. The number of ether oxygens (including phenoxy) is 1. The number of sulfonamides is 1. The standard InChI is InChI=1S/C30H35Cl2N3O5S/c1-5-6-17-33-30(37)22(3)34(19-23-9-7-8-10-26(23)31)29(36)20-35(24-13-16-28(40-4)27(32)18-24)41(38,39)25-14-11-21(2)12-15-25/h7-16,18,22H,5-6,17,19-20H2,1-4H3,(H,33,37)/t22-/m0/s1. The molecule has 3 aromatic carbocycles. The van der Waals surface area contributed by atoms with Crippen molar-refractivity contribution in [2.45, 2.75) is 51.1 Å². The number of amides is 2. The number of rotatable bonds is 13. The number of unbranched alkanes of at least 4 members (excludes halogenated alkanes) is 1. The average Bonchev–Trinajstić information content (AvgIpc) is 2.95. The van der Waals surface area contributed by atoms with Crippen LogP contribution in [-0.2, 0) is 26.2 Å². The van der Waals surface area contributed by atoms with Gasteiger partial charge >= 0.3 is 0 Å². The van der Waals surface area contributed by atoms with Crippen LogP contribution in [-0.4, -0.2) is 51.4 Å².